The van der Waals surface area contributed by atoms with E-state index in [4.69, 9.17) is 10.8 Å². The summed E-state index contributed by atoms with van der Waals surface area (Å²) >= 11 is 0. The summed E-state index contributed by atoms with van der Waals surface area (Å²) in [5, 5.41) is 8.75. The van der Waals surface area contributed by atoms with E-state index in [-0.39, 0.29) is 6.61 Å². The van der Waals surface area contributed by atoms with Crippen LogP contribution in [0.25, 0.3) is 0 Å². The minimum absolute atomic E-state index is 0.267. The average Bonchev–Trinajstić information content (AvgIpc) is 2.09. The van der Waals surface area contributed by atoms with Crippen LogP contribution in [0.1, 0.15) is 25.7 Å². The molecule has 0 aromatic carbocycles. The van der Waals surface area contributed by atoms with Gasteiger partial charge in [-0.05, 0) is 38.6 Å². The second kappa shape index (κ2) is 5.58. The molecule has 3 nitrogen and oxygen atoms in total. The second-order valence-corrected chi connectivity index (χ2v) is 4.27. The Kier molecular flexibility index (Phi) is 4.70. The van der Waals surface area contributed by atoms with Gasteiger partial charge >= 0.3 is 0 Å². The minimum atomic E-state index is 0.267. The fourth-order valence-electron chi connectivity index (χ4n) is 2.07. The molecule has 0 amide bonds. The molecule has 0 bridgehead atoms. The molecular formula is C10H22N2O. The molecule has 1 rings (SSSR count). The predicted octanol–water partition coefficient (Wildman–Crippen LogP) is 0.428. The summed E-state index contributed by atoms with van der Waals surface area (Å²) < 4.78 is 0. The lowest BCUT2D eigenvalue weighted by Crippen LogP contribution is -2.33. The Hall–Kier alpha value is -0.120. The van der Waals surface area contributed by atoms with E-state index in [0.717, 1.165) is 19.0 Å². The maximum Gasteiger partial charge on any atom is 0.0558 e. The van der Waals surface area contributed by atoms with Crippen LogP contribution >= 0.6 is 0 Å². The third kappa shape index (κ3) is 4.07. The molecule has 1 aliphatic rings. The van der Waals surface area contributed by atoms with Crippen LogP contribution in [-0.4, -0.2) is 42.8 Å². The van der Waals surface area contributed by atoms with Crippen LogP contribution in [0.5, 0.6) is 0 Å². The number of nitrogens with two attached hydrogens (primary N) is 1. The van der Waals surface area contributed by atoms with Gasteiger partial charge in [-0.15, -0.1) is 0 Å². The van der Waals surface area contributed by atoms with Crippen LogP contribution in [0, 0.1) is 5.92 Å². The number of hydrogen-bond donors (Lipinski definition) is 2. The Morgan fingerprint density at radius 3 is 2.46 bits per heavy atom. The number of likely N-dealkylation sites (N-methyl/N-ethyl adjacent to an activating group) is 1. The van der Waals surface area contributed by atoms with Gasteiger partial charge in [-0.25, -0.2) is 0 Å². The molecule has 1 fully saturated rings. The van der Waals surface area contributed by atoms with Crippen molar-refractivity contribution in [3.05, 3.63) is 0 Å². The van der Waals surface area contributed by atoms with Crippen LogP contribution in [0.15, 0.2) is 0 Å². The molecule has 13 heavy (non-hydrogen) atoms. The van der Waals surface area contributed by atoms with Crippen LogP contribution in [0.3, 0.4) is 0 Å². The summed E-state index contributed by atoms with van der Waals surface area (Å²) in [5.41, 5.74) is 5.83. The van der Waals surface area contributed by atoms with Crippen LogP contribution in [-0.2, 0) is 0 Å². The molecule has 0 spiro atoms. The predicted molar refractivity (Wildman–Crippen MR) is 54.5 cm³/mol. The standard InChI is InChI=1S/C10H22N2O/c1-12(6-7-13)8-9-2-4-10(11)5-3-9/h9-10,13H,2-8,11H2,1H3. The van der Waals surface area contributed by atoms with Crippen molar-refractivity contribution in [3.63, 3.8) is 0 Å². The first-order valence-electron chi connectivity index (χ1n) is 5.27. The normalized spacial score (nSPS) is 29.5. The monoisotopic (exact) mass is 186 g/mol. The molecule has 1 saturated carbocycles. The van der Waals surface area contributed by atoms with E-state index in [2.05, 4.69) is 11.9 Å². The molecule has 0 heterocycles. The van der Waals surface area contributed by atoms with E-state index < -0.39 is 0 Å². The summed E-state index contributed by atoms with van der Waals surface area (Å²) in [5.74, 6) is 0.802. The van der Waals surface area contributed by atoms with Gasteiger partial charge in [0.05, 0.1) is 6.61 Å². The lowest BCUT2D eigenvalue weighted by atomic mass is 9.86. The molecule has 3 heteroatoms. The van der Waals surface area contributed by atoms with Crippen molar-refractivity contribution in [2.24, 2.45) is 11.7 Å². The zero-order valence-electron chi connectivity index (χ0n) is 8.58. The molecule has 0 unspecified atom stereocenters. The maximum atomic E-state index is 8.75. The number of nitrogens with zero attached hydrogens (tertiary/aromatic N) is 1. The highest BCUT2D eigenvalue weighted by Gasteiger charge is 2.19. The summed E-state index contributed by atoms with van der Waals surface area (Å²) in [4.78, 5) is 2.21. The lowest BCUT2D eigenvalue weighted by molar-refractivity contribution is 0.182. The third-order valence-corrected chi connectivity index (χ3v) is 2.94. The Bertz CT molecular complexity index is 133. The lowest BCUT2D eigenvalue weighted by Gasteiger charge is -2.29. The first-order chi connectivity index (χ1) is 6.22. The molecular weight excluding hydrogens is 164 g/mol. The summed E-state index contributed by atoms with van der Waals surface area (Å²) in [7, 11) is 2.07. The van der Waals surface area contributed by atoms with Crippen molar-refractivity contribution in [2.75, 3.05) is 26.7 Å². The average molecular weight is 186 g/mol. The SMILES string of the molecule is CN(CCO)CC1CCC(N)CC1. The van der Waals surface area contributed by atoms with E-state index in [9.17, 15) is 0 Å². The van der Waals surface area contributed by atoms with E-state index in [0.29, 0.717) is 6.04 Å². The van der Waals surface area contributed by atoms with Crippen molar-refractivity contribution in [2.45, 2.75) is 31.7 Å². The molecule has 0 radical (unpaired) electrons. The van der Waals surface area contributed by atoms with Crippen molar-refractivity contribution < 1.29 is 5.11 Å². The highest BCUT2D eigenvalue weighted by molar-refractivity contribution is 4.75. The highest BCUT2D eigenvalue weighted by atomic mass is 16.3. The van der Waals surface area contributed by atoms with Gasteiger partial charge in [-0.3, -0.25) is 0 Å². The van der Waals surface area contributed by atoms with Crippen LogP contribution < -0.4 is 5.73 Å². The first-order valence-corrected chi connectivity index (χ1v) is 5.27. The van der Waals surface area contributed by atoms with Crippen LogP contribution in [0.2, 0.25) is 0 Å². The van der Waals surface area contributed by atoms with Crippen molar-refractivity contribution in [3.8, 4) is 0 Å². The second-order valence-electron chi connectivity index (χ2n) is 4.27. The van der Waals surface area contributed by atoms with Gasteiger partial charge in [0.2, 0.25) is 0 Å². The quantitative estimate of drug-likeness (QED) is 0.669. The Balaban J connectivity index is 2.14. The zero-order chi connectivity index (χ0) is 9.68. The smallest absolute Gasteiger partial charge is 0.0558 e. The molecule has 0 saturated heterocycles. The fraction of sp³-hybridized carbons (Fsp3) is 1.00. The van der Waals surface area contributed by atoms with Gasteiger partial charge < -0.3 is 15.7 Å². The Morgan fingerprint density at radius 2 is 1.92 bits per heavy atom. The number of aliphatic hydroxyl groups is 1. The summed E-state index contributed by atoms with van der Waals surface area (Å²) in [6, 6.07) is 0.444. The first kappa shape index (κ1) is 11.0. The van der Waals surface area contributed by atoms with Crippen molar-refractivity contribution >= 4 is 0 Å². The van der Waals surface area contributed by atoms with Gasteiger partial charge in [0.25, 0.3) is 0 Å². The Morgan fingerprint density at radius 1 is 1.31 bits per heavy atom. The van der Waals surface area contributed by atoms with Gasteiger partial charge in [0.1, 0.15) is 0 Å². The zero-order valence-corrected chi connectivity index (χ0v) is 8.58. The third-order valence-electron chi connectivity index (χ3n) is 2.94. The molecule has 0 aromatic heterocycles. The van der Waals surface area contributed by atoms with Gasteiger partial charge in [0, 0.05) is 19.1 Å². The summed E-state index contributed by atoms with van der Waals surface area (Å²) in [6.07, 6.45) is 4.88. The number of rotatable bonds is 4. The van der Waals surface area contributed by atoms with E-state index in [1.165, 1.54) is 25.7 Å². The fourth-order valence-corrected chi connectivity index (χ4v) is 2.07. The molecule has 78 valence electrons. The van der Waals surface area contributed by atoms with E-state index >= 15 is 0 Å². The van der Waals surface area contributed by atoms with Gasteiger partial charge in [0.15, 0.2) is 0 Å². The van der Waals surface area contributed by atoms with Crippen molar-refractivity contribution in [1.29, 1.82) is 0 Å². The molecule has 0 aromatic rings. The topological polar surface area (TPSA) is 49.5 Å². The van der Waals surface area contributed by atoms with Gasteiger partial charge in [-0.1, -0.05) is 0 Å². The van der Waals surface area contributed by atoms with Crippen molar-refractivity contribution in [1.82, 2.24) is 4.90 Å². The largest absolute Gasteiger partial charge is 0.395 e. The summed E-state index contributed by atoms with van der Waals surface area (Å²) in [6.45, 7) is 2.18. The molecule has 3 N–H and O–H groups in total. The van der Waals surface area contributed by atoms with E-state index in [1.54, 1.807) is 0 Å². The Labute approximate surface area is 80.9 Å². The van der Waals surface area contributed by atoms with Gasteiger partial charge in [-0.2, -0.15) is 0 Å². The maximum absolute atomic E-state index is 8.75. The van der Waals surface area contributed by atoms with E-state index in [1.807, 2.05) is 0 Å². The minimum Gasteiger partial charge on any atom is -0.395 e. The molecule has 0 atom stereocenters. The van der Waals surface area contributed by atoms with Crippen LogP contribution in [0.4, 0.5) is 0 Å². The molecule has 0 aliphatic heterocycles. The highest BCUT2D eigenvalue weighted by Crippen LogP contribution is 2.23. The number of hydrogen-bond acceptors (Lipinski definition) is 3. The number of aliphatic hydroxyl groups excluding tert-OH is 1. The molecule has 1 aliphatic carbocycles.